The second-order valence-electron chi connectivity index (χ2n) is 6.91. The molecule has 1 aliphatic heterocycles. The summed E-state index contributed by atoms with van der Waals surface area (Å²) >= 11 is 0. The monoisotopic (exact) mass is 327 g/mol. The molecule has 5 heteroatoms. The fourth-order valence-electron chi connectivity index (χ4n) is 3.77. The van der Waals surface area contributed by atoms with E-state index in [1.54, 1.807) is 11.9 Å². The summed E-state index contributed by atoms with van der Waals surface area (Å²) in [5.74, 6) is 0.962. The van der Waals surface area contributed by atoms with Crippen LogP contribution < -0.4 is 5.32 Å². The van der Waals surface area contributed by atoms with E-state index in [-0.39, 0.29) is 17.7 Å². The molecule has 0 aromatic heterocycles. The summed E-state index contributed by atoms with van der Waals surface area (Å²) in [4.78, 5) is 31.5. The number of anilines is 1. The van der Waals surface area contributed by atoms with E-state index in [4.69, 9.17) is 4.99 Å². The highest BCUT2D eigenvalue weighted by Crippen LogP contribution is 2.40. The van der Waals surface area contributed by atoms with Crippen molar-refractivity contribution in [3.8, 4) is 0 Å². The molecule has 5 nitrogen and oxygen atoms in total. The van der Waals surface area contributed by atoms with Gasteiger partial charge in [0.1, 0.15) is 11.4 Å². The molecule has 24 heavy (non-hydrogen) atoms. The average molecular weight is 327 g/mol. The van der Waals surface area contributed by atoms with E-state index in [0.29, 0.717) is 25.7 Å². The minimum Gasteiger partial charge on any atom is -0.326 e. The van der Waals surface area contributed by atoms with E-state index >= 15 is 0 Å². The molecule has 128 valence electrons. The van der Waals surface area contributed by atoms with E-state index in [0.717, 1.165) is 23.5 Å². The van der Waals surface area contributed by atoms with Gasteiger partial charge in [0.2, 0.25) is 5.91 Å². The van der Waals surface area contributed by atoms with Gasteiger partial charge in [0.05, 0.1) is 0 Å². The van der Waals surface area contributed by atoms with Gasteiger partial charge in [-0.05, 0) is 50.3 Å². The van der Waals surface area contributed by atoms with Crippen molar-refractivity contribution in [1.29, 1.82) is 0 Å². The van der Waals surface area contributed by atoms with E-state index < -0.39 is 5.54 Å². The summed E-state index contributed by atoms with van der Waals surface area (Å²) in [7, 11) is 1.80. The van der Waals surface area contributed by atoms with Crippen LogP contribution in [0.25, 0.3) is 0 Å². The molecule has 0 saturated heterocycles. The van der Waals surface area contributed by atoms with E-state index in [1.165, 1.54) is 0 Å². The number of nitrogens with one attached hydrogen (secondary N) is 1. The fraction of sp³-hybridized carbons (Fsp3) is 0.526. The second-order valence-corrected chi connectivity index (χ2v) is 6.91. The molecule has 1 N–H and O–H groups in total. The Bertz CT molecular complexity index is 688. The summed E-state index contributed by atoms with van der Waals surface area (Å²) in [6.45, 7) is 4.02. The Hall–Kier alpha value is -2.17. The SMILES string of the molecule is CCC1=NC2(CCC(C(=O)Nc3cccc(C)c3)CC2)C(=O)N1C. The van der Waals surface area contributed by atoms with Gasteiger partial charge in [-0.15, -0.1) is 0 Å². The molecule has 2 aliphatic rings. The standard InChI is InChI=1S/C19H25N3O2/c1-4-16-21-19(18(24)22(16)3)10-8-14(9-11-19)17(23)20-15-7-5-6-13(2)12-15/h5-7,12,14H,4,8-11H2,1-3H3,(H,20,23). The second kappa shape index (κ2) is 6.38. The van der Waals surface area contributed by atoms with Gasteiger partial charge < -0.3 is 10.2 Å². The number of aryl methyl sites for hydroxylation is 1. The number of rotatable bonds is 3. The maximum Gasteiger partial charge on any atom is 0.255 e. The molecule has 1 spiro atoms. The molecule has 0 unspecified atom stereocenters. The van der Waals surface area contributed by atoms with Gasteiger partial charge in [-0.25, -0.2) is 0 Å². The first-order chi connectivity index (χ1) is 11.4. The van der Waals surface area contributed by atoms with Crippen molar-refractivity contribution >= 4 is 23.3 Å². The average Bonchev–Trinajstić information content (AvgIpc) is 2.80. The molecule has 1 fully saturated rings. The van der Waals surface area contributed by atoms with Crippen LogP contribution in [0.15, 0.2) is 29.3 Å². The van der Waals surface area contributed by atoms with Crippen molar-refractivity contribution in [3.05, 3.63) is 29.8 Å². The van der Waals surface area contributed by atoms with Crippen molar-refractivity contribution in [2.24, 2.45) is 10.9 Å². The quantitative estimate of drug-likeness (QED) is 0.927. The molecule has 0 atom stereocenters. The van der Waals surface area contributed by atoms with Crippen LogP contribution in [0.4, 0.5) is 5.69 Å². The molecule has 1 aliphatic carbocycles. The zero-order chi connectivity index (χ0) is 17.3. The Morgan fingerprint density at radius 3 is 2.67 bits per heavy atom. The molecular formula is C19H25N3O2. The number of aliphatic imine (C=N–C) groups is 1. The molecule has 1 heterocycles. The van der Waals surface area contributed by atoms with Crippen molar-refractivity contribution in [2.75, 3.05) is 12.4 Å². The predicted molar refractivity (Wildman–Crippen MR) is 95.0 cm³/mol. The van der Waals surface area contributed by atoms with Crippen LogP contribution in [0.3, 0.4) is 0 Å². The van der Waals surface area contributed by atoms with Crippen LogP contribution in [0.2, 0.25) is 0 Å². The fourth-order valence-corrected chi connectivity index (χ4v) is 3.77. The van der Waals surface area contributed by atoms with Gasteiger partial charge in [0.25, 0.3) is 5.91 Å². The number of nitrogens with zero attached hydrogens (tertiary/aromatic N) is 2. The Morgan fingerprint density at radius 1 is 1.38 bits per heavy atom. The van der Waals surface area contributed by atoms with E-state index in [9.17, 15) is 9.59 Å². The largest absolute Gasteiger partial charge is 0.326 e. The van der Waals surface area contributed by atoms with Crippen molar-refractivity contribution in [3.63, 3.8) is 0 Å². The lowest BCUT2D eigenvalue weighted by Gasteiger charge is -2.33. The van der Waals surface area contributed by atoms with E-state index in [2.05, 4.69) is 5.32 Å². The molecule has 2 amide bonds. The smallest absolute Gasteiger partial charge is 0.255 e. The number of likely N-dealkylation sites (N-methyl/N-ethyl adjacent to an activating group) is 1. The minimum atomic E-state index is -0.611. The highest BCUT2D eigenvalue weighted by molar-refractivity contribution is 6.08. The lowest BCUT2D eigenvalue weighted by Crippen LogP contribution is -2.44. The van der Waals surface area contributed by atoms with Gasteiger partial charge in [-0.2, -0.15) is 0 Å². The Labute approximate surface area is 143 Å². The molecule has 0 radical (unpaired) electrons. The van der Waals surface area contributed by atoms with Gasteiger partial charge >= 0.3 is 0 Å². The summed E-state index contributed by atoms with van der Waals surface area (Å²) in [6.07, 6.45) is 3.49. The third-order valence-electron chi connectivity index (χ3n) is 5.22. The van der Waals surface area contributed by atoms with Crippen LogP contribution in [-0.2, 0) is 9.59 Å². The minimum absolute atomic E-state index is 0.0462. The van der Waals surface area contributed by atoms with Crippen molar-refractivity contribution < 1.29 is 9.59 Å². The summed E-state index contributed by atoms with van der Waals surface area (Å²) in [5.41, 5.74) is 1.35. The third kappa shape index (κ3) is 2.95. The van der Waals surface area contributed by atoms with Crippen LogP contribution in [-0.4, -0.2) is 35.1 Å². The summed E-state index contributed by atoms with van der Waals surface area (Å²) in [5, 5.41) is 3.00. The molecule has 1 saturated carbocycles. The predicted octanol–water partition coefficient (Wildman–Crippen LogP) is 3.14. The van der Waals surface area contributed by atoms with Crippen LogP contribution in [0.1, 0.15) is 44.6 Å². The lowest BCUT2D eigenvalue weighted by molar-refractivity contribution is -0.133. The first-order valence-electron chi connectivity index (χ1n) is 8.69. The molecular weight excluding hydrogens is 302 g/mol. The van der Waals surface area contributed by atoms with Gasteiger partial charge in [-0.1, -0.05) is 19.1 Å². The Kier molecular flexibility index (Phi) is 4.43. The molecule has 0 bridgehead atoms. The first kappa shape index (κ1) is 16.7. The number of hydrogen-bond donors (Lipinski definition) is 1. The zero-order valence-electron chi connectivity index (χ0n) is 14.6. The van der Waals surface area contributed by atoms with Gasteiger partial charge in [0.15, 0.2) is 0 Å². The number of carbonyl (C=O) groups is 2. The zero-order valence-corrected chi connectivity index (χ0v) is 14.6. The van der Waals surface area contributed by atoms with Crippen LogP contribution >= 0.6 is 0 Å². The van der Waals surface area contributed by atoms with E-state index in [1.807, 2.05) is 38.1 Å². The number of amides is 2. The number of carbonyl (C=O) groups excluding carboxylic acids is 2. The number of amidine groups is 1. The highest BCUT2D eigenvalue weighted by Gasteiger charge is 2.49. The first-order valence-corrected chi connectivity index (χ1v) is 8.69. The Morgan fingerprint density at radius 2 is 2.08 bits per heavy atom. The summed E-state index contributed by atoms with van der Waals surface area (Å²) < 4.78 is 0. The summed E-state index contributed by atoms with van der Waals surface area (Å²) in [6, 6.07) is 7.82. The maximum atomic E-state index is 12.6. The van der Waals surface area contributed by atoms with Crippen LogP contribution in [0.5, 0.6) is 0 Å². The lowest BCUT2D eigenvalue weighted by atomic mass is 9.76. The van der Waals surface area contributed by atoms with Crippen molar-refractivity contribution in [2.45, 2.75) is 51.5 Å². The van der Waals surface area contributed by atoms with Crippen molar-refractivity contribution in [1.82, 2.24) is 4.90 Å². The third-order valence-corrected chi connectivity index (χ3v) is 5.22. The number of benzene rings is 1. The number of hydrogen-bond acceptors (Lipinski definition) is 3. The highest BCUT2D eigenvalue weighted by atomic mass is 16.2. The normalized spacial score (nSPS) is 26.6. The molecule has 1 aromatic carbocycles. The maximum absolute atomic E-state index is 12.6. The van der Waals surface area contributed by atoms with Gasteiger partial charge in [0, 0.05) is 25.1 Å². The topological polar surface area (TPSA) is 61.8 Å². The Balaban J connectivity index is 1.64. The molecule has 1 aromatic rings. The molecule has 3 rings (SSSR count). The van der Waals surface area contributed by atoms with Gasteiger partial charge in [-0.3, -0.25) is 14.6 Å². The van der Waals surface area contributed by atoms with Crippen LogP contribution in [0, 0.1) is 12.8 Å².